The van der Waals surface area contributed by atoms with Gasteiger partial charge in [-0.15, -0.1) is 0 Å². The van der Waals surface area contributed by atoms with Crippen LogP contribution in [0.2, 0.25) is 0 Å². The molecule has 0 saturated carbocycles. The fourth-order valence-corrected chi connectivity index (χ4v) is 0.337. The largest absolute Gasteiger partial charge is 0.522 e. The summed E-state index contributed by atoms with van der Waals surface area (Å²) in [6, 6.07) is 0. The molecule has 0 atom stereocenters. The van der Waals surface area contributed by atoms with Gasteiger partial charge in [0, 0.05) is 0 Å². The number of hydrogen-bond donors (Lipinski definition) is 1. The highest BCUT2D eigenvalue weighted by molar-refractivity contribution is 7.91. The number of rotatable bonds is 1. The summed E-state index contributed by atoms with van der Waals surface area (Å²) in [5.74, 6) is 0. The van der Waals surface area contributed by atoms with Crippen molar-refractivity contribution in [2.24, 2.45) is 0 Å². The lowest BCUT2D eigenvalue weighted by molar-refractivity contribution is 0.148. The highest BCUT2D eigenvalue weighted by Crippen LogP contribution is 1.88. The molecule has 1 N–H and O–H groups in total. The van der Waals surface area contributed by atoms with Crippen molar-refractivity contribution >= 4 is 16.3 Å². The molecular weight excluding hydrogens is 150 g/mol. The quantitative estimate of drug-likeness (QED) is 0.307. The van der Waals surface area contributed by atoms with Crippen molar-refractivity contribution in [1.82, 2.24) is 0 Å². The average Bonchev–Trinajstić information content (AvgIpc) is 1.63. The molecule has 0 aromatic carbocycles. The highest BCUT2D eigenvalue weighted by atomic mass is 32.2. The van der Waals surface area contributed by atoms with Crippen molar-refractivity contribution in [3.05, 3.63) is 0 Å². The van der Waals surface area contributed by atoms with Crippen molar-refractivity contribution in [2.45, 2.75) is 0 Å². The van der Waals surface area contributed by atoms with Gasteiger partial charge in [0.15, 0.2) is 0 Å². The van der Waals surface area contributed by atoms with E-state index in [-0.39, 0.29) is 0 Å². The van der Waals surface area contributed by atoms with Gasteiger partial charge >= 0.3 is 16.3 Å². The Balaban J connectivity index is 4.29. The Morgan fingerprint density at radius 1 is 1.67 bits per heavy atom. The van der Waals surface area contributed by atoms with Crippen LogP contribution >= 0.6 is 0 Å². The predicted octanol–water partition coefficient (Wildman–Crippen LogP) is -0.508. The van der Waals surface area contributed by atoms with Gasteiger partial charge in [-0.3, -0.25) is 0 Å². The average molecular weight is 151 g/mol. The van der Waals surface area contributed by atoms with E-state index in [9.17, 15) is 13.2 Å². The number of carboxylic acid groups (broad SMARTS) is 1. The van der Waals surface area contributed by atoms with Crippen LogP contribution in [-0.2, 0) is 14.3 Å². The van der Waals surface area contributed by atoms with Crippen LogP contribution in [0.1, 0.15) is 0 Å². The summed E-state index contributed by atoms with van der Waals surface area (Å²) in [6.07, 6.45) is -2.02. The molecule has 9 heavy (non-hydrogen) atoms. The van der Waals surface area contributed by atoms with Gasteiger partial charge in [-0.25, -0.2) is 4.79 Å². The third-order valence-corrected chi connectivity index (χ3v) is 0.878. The van der Waals surface area contributed by atoms with E-state index in [4.69, 9.17) is 10.4 Å². The number of nitriles is 1. The molecule has 50 valence electrons. The van der Waals surface area contributed by atoms with Crippen LogP contribution in [0.15, 0.2) is 0 Å². The minimum atomic E-state index is -4.51. The first-order chi connectivity index (χ1) is 3.98. The van der Waals surface area contributed by atoms with Crippen molar-refractivity contribution in [1.29, 1.82) is 5.26 Å². The summed E-state index contributed by atoms with van der Waals surface area (Å²) in [5.41, 5.74) is 0. The van der Waals surface area contributed by atoms with E-state index in [0.29, 0.717) is 5.40 Å². The molecule has 6 nitrogen and oxygen atoms in total. The zero-order valence-corrected chi connectivity index (χ0v) is 4.75. The number of thiocyanates is 1. The molecule has 0 unspecified atom stereocenters. The summed E-state index contributed by atoms with van der Waals surface area (Å²) in [6.45, 7) is 0. The van der Waals surface area contributed by atoms with E-state index in [0.717, 1.165) is 0 Å². The van der Waals surface area contributed by atoms with E-state index in [1.807, 2.05) is 0 Å². The van der Waals surface area contributed by atoms with E-state index in [2.05, 4.69) is 4.18 Å². The van der Waals surface area contributed by atoms with E-state index in [1.54, 1.807) is 0 Å². The summed E-state index contributed by atoms with van der Waals surface area (Å²) in [5, 5.41) is 15.9. The molecule has 0 spiro atoms. The van der Waals surface area contributed by atoms with Gasteiger partial charge in [-0.1, -0.05) is 0 Å². The van der Waals surface area contributed by atoms with Crippen LogP contribution in [0.4, 0.5) is 4.79 Å². The lowest BCUT2D eigenvalue weighted by Crippen LogP contribution is -2.07. The van der Waals surface area contributed by atoms with E-state index in [1.165, 1.54) is 0 Å². The van der Waals surface area contributed by atoms with Crippen LogP contribution in [0.25, 0.3) is 0 Å². The molecule has 0 radical (unpaired) electrons. The molecule has 0 saturated heterocycles. The van der Waals surface area contributed by atoms with Crippen LogP contribution in [0.3, 0.4) is 0 Å². The van der Waals surface area contributed by atoms with Crippen molar-refractivity contribution < 1.29 is 22.5 Å². The van der Waals surface area contributed by atoms with Crippen molar-refractivity contribution in [2.75, 3.05) is 0 Å². The second kappa shape index (κ2) is 2.32. The molecule has 0 aliphatic rings. The minimum Gasteiger partial charge on any atom is -0.449 e. The van der Waals surface area contributed by atoms with E-state index < -0.39 is 16.3 Å². The van der Waals surface area contributed by atoms with E-state index >= 15 is 0 Å². The Morgan fingerprint density at radius 2 is 2.11 bits per heavy atom. The second-order valence-electron chi connectivity index (χ2n) is 0.895. The van der Waals surface area contributed by atoms with Gasteiger partial charge in [0.25, 0.3) is 0 Å². The van der Waals surface area contributed by atoms with Gasteiger partial charge in [0.05, 0.1) is 0 Å². The van der Waals surface area contributed by atoms with Gasteiger partial charge in [-0.05, 0) is 0 Å². The van der Waals surface area contributed by atoms with Crippen LogP contribution in [0, 0.1) is 10.7 Å². The van der Waals surface area contributed by atoms with Crippen molar-refractivity contribution in [3.8, 4) is 5.40 Å². The first-order valence-electron chi connectivity index (χ1n) is 1.56. The maximum atomic E-state index is 9.85. The summed E-state index contributed by atoms with van der Waals surface area (Å²) < 4.78 is 22.8. The molecule has 0 heterocycles. The Bertz CT molecular complexity index is 245. The molecule has 7 heteroatoms. The molecule has 0 bridgehead atoms. The Labute approximate surface area is 50.4 Å². The van der Waals surface area contributed by atoms with Crippen molar-refractivity contribution in [3.63, 3.8) is 0 Å². The SMILES string of the molecule is N#CS(=O)(=O)OC(=O)O. The van der Waals surface area contributed by atoms with Gasteiger partial charge in [0.2, 0.25) is 5.40 Å². The zero-order chi connectivity index (χ0) is 7.49. The number of carbonyl (C=O) groups is 1. The fraction of sp³-hybridized carbons (Fsp3) is 0. The molecule has 0 rings (SSSR count). The topological polar surface area (TPSA) is 104 Å². The van der Waals surface area contributed by atoms with Crippen LogP contribution < -0.4 is 0 Å². The standard InChI is InChI=1S/C2HNO5S/c3-1-9(6,7)8-2(4)5/h(H,4,5). The number of nitrogens with zero attached hydrogens (tertiary/aromatic N) is 1. The molecule has 0 aliphatic carbocycles. The van der Waals surface area contributed by atoms with Gasteiger partial charge in [0.1, 0.15) is 0 Å². The maximum Gasteiger partial charge on any atom is 0.522 e. The molecule has 0 fully saturated rings. The van der Waals surface area contributed by atoms with Crippen LogP contribution in [-0.4, -0.2) is 19.7 Å². The Kier molecular flexibility index (Phi) is 1.99. The third kappa shape index (κ3) is 3.31. The predicted molar refractivity (Wildman–Crippen MR) is 23.6 cm³/mol. The zero-order valence-electron chi connectivity index (χ0n) is 3.94. The summed E-state index contributed by atoms with van der Waals surface area (Å²) in [7, 11) is -4.51. The molecule has 0 amide bonds. The van der Waals surface area contributed by atoms with Gasteiger partial charge < -0.3 is 9.29 Å². The Hall–Kier alpha value is -1.29. The molecule has 0 aromatic heterocycles. The van der Waals surface area contributed by atoms with Gasteiger partial charge in [-0.2, -0.15) is 13.7 Å². The second-order valence-corrected chi connectivity index (χ2v) is 2.15. The summed E-state index contributed by atoms with van der Waals surface area (Å²) >= 11 is 0. The normalized spacial score (nSPS) is 9.67. The van der Waals surface area contributed by atoms with Crippen LogP contribution in [0.5, 0.6) is 0 Å². The molecule has 0 aromatic rings. The maximum absolute atomic E-state index is 9.85. The molecule has 0 aliphatic heterocycles. The highest BCUT2D eigenvalue weighted by Gasteiger charge is 2.13. The Morgan fingerprint density at radius 3 is 2.22 bits per heavy atom. The minimum absolute atomic E-state index is 0.642. The third-order valence-electron chi connectivity index (χ3n) is 0.293. The lowest BCUT2D eigenvalue weighted by Gasteiger charge is -1.87. The smallest absolute Gasteiger partial charge is 0.449 e. The summed E-state index contributed by atoms with van der Waals surface area (Å²) in [4.78, 5) is 9.42. The lowest BCUT2D eigenvalue weighted by atomic mass is 11.5. The first kappa shape index (κ1) is 7.71. The monoisotopic (exact) mass is 151 g/mol. The molecular formula is C2HNO5S. The fourth-order valence-electron chi connectivity index (χ4n) is 0.112. The first-order valence-corrected chi connectivity index (χ1v) is 2.97. The number of hydrogen-bond acceptors (Lipinski definition) is 5.